The molecule has 257 valence electrons. The van der Waals surface area contributed by atoms with Gasteiger partial charge in [-0.25, -0.2) is 9.97 Å². The minimum absolute atomic E-state index is 0. The van der Waals surface area contributed by atoms with Crippen LogP contribution in [0.2, 0.25) is 0 Å². The average Bonchev–Trinajstić information content (AvgIpc) is 3.99. The van der Waals surface area contributed by atoms with E-state index in [1.807, 2.05) is 0 Å². The van der Waals surface area contributed by atoms with Crippen LogP contribution in [0.5, 0.6) is 0 Å². The molecule has 2 aliphatic heterocycles. The van der Waals surface area contributed by atoms with Crippen molar-refractivity contribution in [1.29, 1.82) is 0 Å². The summed E-state index contributed by atoms with van der Waals surface area (Å²) < 4.78 is 0. The van der Waals surface area contributed by atoms with Gasteiger partial charge in [0.1, 0.15) is 0 Å². The third kappa shape index (κ3) is 6.40. The fourth-order valence-electron chi connectivity index (χ4n) is 7.30. The molecular weight excluding hydrogens is 687 g/mol. The third-order valence-corrected chi connectivity index (χ3v) is 10.1. The van der Waals surface area contributed by atoms with Crippen molar-refractivity contribution in [1.82, 2.24) is 19.9 Å². The van der Waals surface area contributed by atoms with Gasteiger partial charge >= 0.3 is 0 Å². The van der Waals surface area contributed by atoms with Gasteiger partial charge in [0.05, 0.1) is 22.8 Å². The van der Waals surface area contributed by atoms with Gasteiger partial charge in [0.25, 0.3) is 0 Å². The molecule has 0 fully saturated rings. The fraction of sp³-hybridized carbons (Fsp3) is 0.0833. The van der Waals surface area contributed by atoms with Crippen LogP contribution in [-0.2, 0) is 17.1 Å². The number of aromatic amines is 2. The first kappa shape index (κ1) is 34.1. The molecule has 7 aromatic rings. The van der Waals surface area contributed by atoms with Gasteiger partial charge in [-0.15, -0.1) is 0 Å². The Labute approximate surface area is 320 Å². The normalized spacial score (nSPS) is 11.8. The van der Waals surface area contributed by atoms with Crippen molar-refractivity contribution in [3.05, 3.63) is 166 Å². The van der Waals surface area contributed by atoms with Gasteiger partial charge in [0.15, 0.2) is 0 Å². The number of hydrogen-bond acceptors (Lipinski definition) is 2. The van der Waals surface area contributed by atoms with Crippen molar-refractivity contribution in [3.8, 4) is 44.5 Å². The van der Waals surface area contributed by atoms with Crippen LogP contribution in [-0.4, -0.2) is 19.9 Å². The van der Waals surface area contributed by atoms with Crippen molar-refractivity contribution >= 4 is 46.4 Å². The Morgan fingerprint density at radius 3 is 0.717 bits per heavy atom. The number of aryl methyl sites for hydroxylation is 4. The number of hydrogen-bond donors (Lipinski definition) is 2. The molecule has 5 heteroatoms. The van der Waals surface area contributed by atoms with Crippen LogP contribution in [0.4, 0.5) is 0 Å². The van der Waals surface area contributed by atoms with Gasteiger partial charge in [-0.3, -0.25) is 0 Å². The molecule has 0 aliphatic carbocycles. The molecule has 0 unspecified atom stereocenters. The average molecular weight is 726 g/mol. The Kier molecular flexibility index (Phi) is 8.91. The number of fused-ring (bicyclic) bond motifs is 8. The predicted octanol–water partition coefficient (Wildman–Crippen LogP) is 12.6. The molecule has 8 bridgehead atoms. The van der Waals surface area contributed by atoms with E-state index in [0.717, 1.165) is 89.4 Å². The smallest absolute Gasteiger partial charge is 0.0737 e. The minimum Gasteiger partial charge on any atom is -0.354 e. The standard InChI is InChI=1S/C48H38N4.Mn/c1-29-5-13-33(14-6-29)45-37-21-23-39(49-37)46(34-15-7-30(2)8-16-34)41-25-27-43(51-41)48(36-19-11-32(4)12-20-36)44-28-26-42(52-44)47(40-24-22-38(45)50-40)35-17-9-31(3)10-18-35;/h5-28,49,52H,1-4H3;. The SMILES string of the molecule is Cc1ccc(-c2c3nc(c(-c4ccc(C)cc4)c4ccc([nH]4)c(-c4ccc(C)cc4)c4nc(c(-c5ccc(C)cc5)c5ccc2[nH]5)C=C4)C=C3)cc1.[Mn]. The van der Waals surface area contributed by atoms with E-state index in [9.17, 15) is 0 Å². The summed E-state index contributed by atoms with van der Waals surface area (Å²) in [5, 5.41) is 0. The maximum absolute atomic E-state index is 5.41. The van der Waals surface area contributed by atoms with E-state index in [0.29, 0.717) is 0 Å². The number of H-pyrrole nitrogens is 2. The number of benzene rings is 4. The molecule has 0 atom stereocenters. The zero-order valence-electron chi connectivity index (χ0n) is 30.1. The summed E-state index contributed by atoms with van der Waals surface area (Å²) in [6, 6.07) is 43.6. The van der Waals surface area contributed by atoms with Gasteiger partial charge in [-0.05, 0) is 98.5 Å². The second-order valence-electron chi connectivity index (χ2n) is 14.0. The number of nitrogens with one attached hydrogen (secondary N) is 2. The first-order valence-corrected chi connectivity index (χ1v) is 17.8. The predicted molar refractivity (Wildman–Crippen MR) is 220 cm³/mol. The van der Waals surface area contributed by atoms with E-state index < -0.39 is 0 Å². The monoisotopic (exact) mass is 725 g/mol. The van der Waals surface area contributed by atoms with Crippen LogP contribution in [0.1, 0.15) is 45.0 Å². The quantitative estimate of drug-likeness (QED) is 0.178. The molecule has 0 saturated carbocycles. The van der Waals surface area contributed by atoms with E-state index in [1.165, 1.54) is 22.3 Å². The first-order chi connectivity index (χ1) is 25.4. The fourth-order valence-corrected chi connectivity index (χ4v) is 7.30. The van der Waals surface area contributed by atoms with E-state index in [1.54, 1.807) is 0 Å². The van der Waals surface area contributed by atoms with Crippen LogP contribution in [0.25, 0.3) is 90.9 Å². The molecule has 4 nitrogen and oxygen atoms in total. The Hall–Kier alpha value is -6.00. The largest absolute Gasteiger partial charge is 0.354 e. The molecule has 1 radical (unpaired) electrons. The Balaban J connectivity index is 0.00000400. The molecule has 2 aliphatic rings. The molecule has 3 aromatic heterocycles. The maximum Gasteiger partial charge on any atom is 0.0737 e. The van der Waals surface area contributed by atoms with E-state index in [2.05, 4.69) is 183 Å². The van der Waals surface area contributed by atoms with Gasteiger partial charge in [-0.2, -0.15) is 0 Å². The second-order valence-corrected chi connectivity index (χ2v) is 14.0. The molecule has 0 saturated heterocycles. The molecular formula is C48H38MnN4. The summed E-state index contributed by atoms with van der Waals surface area (Å²) in [7, 11) is 0. The van der Waals surface area contributed by atoms with Crippen molar-refractivity contribution in [3.63, 3.8) is 0 Å². The molecule has 0 spiro atoms. The minimum atomic E-state index is 0. The van der Waals surface area contributed by atoms with E-state index in [4.69, 9.17) is 9.97 Å². The molecule has 9 rings (SSSR count). The summed E-state index contributed by atoms with van der Waals surface area (Å²) in [6.07, 6.45) is 8.61. The maximum atomic E-state index is 5.41. The van der Waals surface area contributed by atoms with Crippen molar-refractivity contribution in [2.24, 2.45) is 0 Å². The van der Waals surface area contributed by atoms with Crippen LogP contribution in [0, 0.1) is 27.7 Å². The molecule has 4 aromatic carbocycles. The van der Waals surface area contributed by atoms with Crippen molar-refractivity contribution in [2.75, 3.05) is 0 Å². The Morgan fingerprint density at radius 1 is 0.302 bits per heavy atom. The van der Waals surface area contributed by atoms with Gasteiger partial charge in [0.2, 0.25) is 0 Å². The van der Waals surface area contributed by atoms with Crippen LogP contribution in [0.3, 0.4) is 0 Å². The van der Waals surface area contributed by atoms with Crippen molar-refractivity contribution in [2.45, 2.75) is 27.7 Å². The molecule has 0 amide bonds. The zero-order valence-corrected chi connectivity index (χ0v) is 31.3. The summed E-state index contributed by atoms with van der Waals surface area (Å²) in [5.74, 6) is 0. The van der Waals surface area contributed by atoms with E-state index >= 15 is 0 Å². The third-order valence-electron chi connectivity index (χ3n) is 10.1. The van der Waals surface area contributed by atoms with Gasteiger partial charge in [0, 0.05) is 61.4 Å². The molecule has 53 heavy (non-hydrogen) atoms. The van der Waals surface area contributed by atoms with E-state index in [-0.39, 0.29) is 17.1 Å². The summed E-state index contributed by atoms with van der Waals surface area (Å²) in [6.45, 7) is 8.49. The number of nitrogens with zero attached hydrogens (tertiary/aromatic N) is 2. The van der Waals surface area contributed by atoms with Crippen LogP contribution < -0.4 is 0 Å². The summed E-state index contributed by atoms with van der Waals surface area (Å²) in [4.78, 5) is 18.5. The Morgan fingerprint density at radius 2 is 0.509 bits per heavy atom. The molecule has 2 N–H and O–H groups in total. The number of aromatic nitrogens is 4. The van der Waals surface area contributed by atoms with Gasteiger partial charge < -0.3 is 9.97 Å². The Bertz CT molecular complexity index is 2350. The number of rotatable bonds is 4. The molecule has 5 heterocycles. The topological polar surface area (TPSA) is 57.4 Å². The van der Waals surface area contributed by atoms with Gasteiger partial charge in [-0.1, -0.05) is 119 Å². The summed E-state index contributed by atoms with van der Waals surface area (Å²) >= 11 is 0. The zero-order chi connectivity index (χ0) is 35.3. The van der Waals surface area contributed by atoms with Crippen LogP contribution in [0.15, 0.2) is 121 Å². The van der Waals surface area contributed by atoms with Crippen molar-refractivity contribution < 1.29 is 17.1 Å². The second kappa shape index (κ2) is 13.9. The van der Waals surface area contributed by atoms with Crippen LogP contribution >= 0.6 is 0 Å². The first-order valence-electron chi connectivity index (χ1n) is 17.8. The summed E-state index contributed by atoms with van der Waals surface area (Å²) in [5.41, 5.74) is 21.1.